The molecule has 0 bridgehead atoms. The fourth-order valence-corrected chi connectivity index (χ4v) is 4.60. The minimum atomic E-state index is -4.41. The first-order valence-electron chi connectivity index (χ1n) is 10.7. The summed E-state index contributed by atoms with van der Waals surface area (Å²) in [5, 5.41) is 3.01. The smallest absolute Gasteiger partial charge is 0.416 e. The van der Waals surface area contributed by atoms with E-state index in [0.717, 1.165) is 43.3 Å². The van der Waals surface area contributed by atoms with Crippen LogP contribution in [0.3, 0.4) is 0 Å². The van der Waals surface area contributed by atoms with Gasteiger partial charge in [-0.05, 0) is 67.6 Å². The van der Waals surface area contributed by atoms with E-state index in [1.165, 1.54) is 12.1 Å². The van der Waals surface area contributed by atoms with E-state index in [1.54, 1.807) is 13.2 Å². The maximum absolute atomic E-state index is 13.3. The van der Waals surface area contributed by atoms with Crippen LogP contribution in [0.2, 0.25) is 0 Å². The molecule has 1 aliphatic carbocycles. The maximum atomic E-state index is 13.3. The highest BCUT2D eigenvalue weighted by Crippen LogP contribution is 2.51. The number of likely N-dealkylation sites (tertiary alicyclic amines) is 1. The van der Waals surface area contributed by atoms with Gasteiger partial charge in [-0.1, -0.05) is 30.3 Å². The van der Waals surface area contributed by atoms with E-state index in [1.807, 2.05) is 24.3 Å². The van der Waals surface area contributed by atoms with Crippen molar-refractivity contribution in [3.63, 3.8) is 0 Å². The molecule has 31 heavy (non-hydrogen) atoms. The molecule has 4 rings (SSSR count). The number of carbonyl (C=O) groups excluding carboxylic acids is 1. The number of nitrogens with one attached hydrogen (secondary N) is 1. The van der Waals surface area contributed by atoms with Gasteiger partial charge in [0.2, 0.25) is 5.91 Å². The molecule has 1 saturated heterocycles. The molecule has 1 N–H and O–H groups in total. The lowest BCUT2D eigenvalue weighted by Crippen LogP contribution is -2.37. The van der Waals surface area contributed by atoms with Gasteiger partial charge in [0.05, 0.1) is 18.7 Å². The highest BCUT2D eigenvalue weighted by atomic mass is 19.4. The number of hydrogen-bond donors (Lipinski definition) is 1. The topological polar surface area (TPSA) is 41.6 Å². The van der Waals surface area contributed by atoms with E-state index >= 15 is 0 Å². The largest absolute Gasteiger partial charge is 0.497 e. The van der Waals surface area contributed by atoms with Gasteiger partial charge in [-0.25, -0.2) is 0 Å². The summed E-state index contributed by atoms with van der Waals surface area (Å²) >= 11 is 0. The average Bonchev–Trinajstić information content (AvgIpc) is 3.39. The van der Waals surface area contributed by atoms with Crippen molar-refractivity contribution in [1.29, 1.82) is 0 Å². The van der Waals surface area contributed by atoms with E-state index < -0.39 is 17.7 Å². The molecule has 7 heteroatoms. The number of alkyl halides is 3. The number of hydrogen-bond acceptors (Lipinski definition) is 3. The minimum Gasteiger partial charge on any atom is -0.497 e. The molecule has 2 aromatic carbocycles. The Balaban J connectivity index is 1.44. The molecular formula is C24H27F3N2O2. The van der Waals surface area contributed by atoms with Crippen molar-refractivity contribution in [2.75, 3.05) is 26.7 Å². The van der Waals surface area contributed by atoms with Gasteiger partial charge >= 0.3 is 6.18 Å². The van der Waals surface area contributed by atoms with Crippen LogP contribution in [0.5, 0.6) is 5.75 Å². The van der Waals surface area contributed by atoms with Crippen LogP contribution in [0.25, 0.3) is 0 Å². The molecule has 166 valence electrons. The third-order valence-electron chi connectivity index (χ3n) is 6.32. The van der Waals surface area contributed by atoms with E-state index in [9.17, 15) is 18.0 Å². The monoisotopic (exact) mass is 432 g/mol. The third kappa shape index (κ3) is 4.87. The molecule has 2 fully saturated rings. The summed E-state index contributed by atoms with van der Waals surface area (Å²) in [4.78, 5) is 15.1. The lowest BCUT2D eigenvalue weighted by molar-refractivity contribution is -0.138. The number of rotatable bonds is 7. The molecule has 0 spiro atoms. The molecule has 0 radical (unpaired) electrons. The predicted molar refractivity (Wildman–Crippen MR) is 112 cm³/mol. The van der Waals surface area contributed by atoms with Gasteiger partial charge in [0.25, 0.3) is 0 Å². The van der Waals surface area contributed by atoms with Crippen LogP contribution >= 0.6 is 0 Å². The molecule has 2 aliphatic rings. The fourth-order valence-electron chi connectivity index (χ4n) is 4.60. The Morgan fingerprint density at radius 2 is 1.90 bits per heavy atom. The Kier molecular flexibility index (Phi) is 6.23. The predicted octanol–water partition coefficient (Wildman–Crippen LogP) is 4.77. The van der Waals surface area contributed by atoms with Gasteiger partial charge in [-0.3, -0.25) is 9.69 Å². The number of carbonyl (C=O) groups is 1. The molecule has 3 atom stereocenters. The Labute approximate surface area is 180 Å². The van der Waals surface area contributed by atoms with Crippen molar-refractivity contribution in [2.24, 2.45) is 5.92 Å². The maximum Gasteiger partial charge on any atom is 0.416 e. The number of ether oxygens (including phenoxy) is 1. The zero-order valence-electron chi connectivity index (χ0n) is 17.5. The van der Waals surface area contributed by atoms with Crippen LogP contribution in [-0.4, -0.2) is 37.6 Å². The number of nitrogens with zero attached hydrogens (tertiary/aromatic N) is 1. The van der Waals surface area contributed by atoms with Crippen LogP contribution in [0.1, 0.15) is 47.9 Å². The SMILES string of the molecule is COc1cccc(C(CNC(=O)C2CC2c2ccccc2C(F)(F)F)N2CCCC2)c1. The van der Waals surface area contributed by atoms with Crippen molar-refractivity contribution >= 4 is 5.91 Å². The minimum absolute atomic E-state index is 0.0150. The third-order valence-corrected chi connectivity index (χ3v) is 6.32. The van der Waals surface area contributed by atoms with Crippen molar-refractivity contribution in [2.45, 2.75) is 37.4 Å². The fraction of sp³-hybridized carbons (Fsp3) is 0.458. The van der Waals surface area contributed by atoms with Crippen LogP contribution in [-0.2, 0) is 11.0 Å². The molecule has 4 nitrogen and oxygen atoms in total. The van der Waals surface area contributed by atoms with Crippen LogP contribution in [0.4, 0.5) is 13.2 Å². The number of halogens is 3. The van der Waals surface area contributed by atoms with Crippen LogP contribution < -0.4 is 10.1 Å². The Bertz CT molecular complexity index is 925. The molecule has 3 unspecified atom stereocenters. The highest BCUT2D eigenvalue weighted by molar-refractivity contribution is 5.83. The number of amides is 1. The standard InChI is InChI=1S/C24H27F3N2O2/c1-31-17-8-6-7-16(13-17)22(29-11-4-5-12-29)15-28-23(30)20-14-19(20)18-9-2-3-10-21(18)24(25,26)27/h2-3,6-10,13,19-20,22H,4-5,11-12,14-15H2,1H3,(H,28,30). The molecule has 1 aliphatic heterocycles. The summed E-state index contributed by atoms with van der Waals surface area (Å²) in [5.41, 5.74) is 0.650. The Morgan fingerprint density at radius 1 is 1.16 bits per heavy atom. The van der Waals surface area contributed by atoms with E-state index in [4.69, 9.17) is 4.74 Å². The summed E-state index contributed by atoms with van der Waals surface area (Å²) in [6.07, 6.45) is -1.72. The van der Waals surface area contributed by atoms with Crippen molar-refractivity contribution in [3.8, 4) is 5.75 Å². The van der Waals surface area contributed by atoms with Gasteiger partial charge < -0.3 is 10.1 Å². The van der Waals surface area contributed by atoms with Gasteiger partial charge in [0.15, 0.2) is 0 Å². The first-order chi connectivity index (χ1) is 14.9. The summed E-state index contributed by atoms with van der Waals surface area (Å²) in [6, 6.07) is 13.4. The normalized spacial score (nSPS) is 22.2. The second-order valence-corrected chi connectivity index (χ2v) is 8.31. The van der Waals surface area contributed by atoms with Gasteiger partial charge in [0, 0.05) is 12.5 Å². The van der Waals surface area contributed by atoms with Crippen molar-refractivity contribution in [1.82, 2.24) is 10.2 Å². The number of methoxy groups -OCH3 is 1. The summed E-state index contributed by atoms with van der Waals surface area (Å²) in [7, 11) is 1.62. The summed E-state index contributed by atoms with van der Waals surface area (Å²) in [6.45, 7) is 2.35. The summed E-state index contributed by atoms with van der Waals surface area (Å²) < 4.78 is 45.3. The Morgan fingerprint density at radius 3 is 2.61 bits per heavy atom. The van der Waals surface area contributed by atoms with Crippen LogP contribution in [0.15, 0.2) is 48.5 Å². The van der Waals surface area contributed by atoms with E-state index in [0.29, 0.717) is 13.0 Å². The molecule has 0 aromatic heterocycles. The molecule has 2 aromatic rings. The van der Waals surface area contributed by atoms with Crippen molar-refractivity contribution in [3.05, 3.63) is 65.2 Å². The van der Waals surface area contributed by atoms with E-state index in [2.05, 4.69) is 10.2 Å². The molecule has 1 heterocycles. The molecule has 1 saturated carbocycles. The quantitative estimate of drug-likeness (QED) is 0.685. The van der Waals surface area contributed by atoms with E-state index in [-0.39, 0.29) is 23.4 Å². The number of benzene rings is 2. The first-order valence-corrected chi connectivity index (χ1v) is 10.7. The summed E-state index contributed by atoms with van der Waals surface area (Å²) in [5.74, 6) is -0.193. The van der Waals surface area contributed by atoms with Crippen molar-refractivity contribution < 1.29 is 22.7 Å². The first kappa shape index (κ1) is 21.7. The van der Waals surface area contributed by atoms with Gasteiger partial charge in [-0.15, -0.1) is 0 Å². The zero-order valence-corrected chi connectivity index (χ0v) is 17.5. The van der Waals surface area contributed by atoms with Gasteiger partial charge in [0.1, 0.15) is 5.75 Å². The van der Waals surface area contributed by atoms with Gasteiger partial charge in [-0.2, -0.15) is 13.2 Å². The second kappa shape index (κ2) is 8.91. The van der Waals surface area contributed by atoms with Crippen LogP contribution in [0, 0.1) is 5.92 Å². The molecular weight excluding hydrogens is 405 g/mol. The lowest BCUT2D eigenvalue weighted by atomic mass is 10.0. The second-order valence-electron chi connectivity index (χ2n) is 8.31. The lowest BCUT2D eigenvalue weighted by Gasteiger charge is -2.28. The molecule has 1 amide bonds. The Hall–Kier alpha value is -2.54. The highest BCUT2D eigenvalue weighted by Gasteiger charge is 2.47. The zero-order chi connectivity index (χ0) is 22.0. The average molecular weight is 432 g/mol.